The minimum atomic E-state index is -1.03. The zero-order valence-corrected chi connectivity index (χ0v) is 26.8. The number of hydrogen-bond donors (Lipinski definition) is 4. The summed E-state index contributed by atoms with van der Waals surface area (Å²) in [6.45, 7) is 7.44. The van der Waals surface area contributed by atoms with Crippen LogP contribution >= 0.6 is 0 Å². The van der Waals surface area contributed by atoms with Gasteiger partial charge in [0.25, 0.3) is 0 Å². The Labute approximate surface area is 271 Å². The summed E-state index contributed by atoms with van der Waals surface area (Å²) in [6.07, 6.45) is -4.79. The summed E-state index contributed by atoms with van der Waals surface area (Å²) in [5.41, 5.74) is -0.371. The molecule has 1 aliphatic rings. The van der Waals surface area contributed by atoms with Gasteiger partial charge in [0.2, 0.25) is 0 Å². The maximum atomic E-state index is 13.1. The van der Waals surface area contributed by atoms with Crippen molar-refractivity contribution in [2.24, 2.45) is 5.92 Å². The monoisotopic (exact) mass is 660 g/mol. The molecule has 0 amide bonds. The van der Waals surface area contributed by atoms with E-state index < -0.39 is 78.1 Å². The number of carbonyl (C=O) groups is 5. The molecule has 0 saturated carbocycles. The molecule has 0 aliphatic carbocycles. The fraction of sp³-hybridized carbons (Fsp3) is 0.485. The lowest BCUT2D eigenvalue weighted by Crippen LogP contribution is -2.25. The van der Waals surface area contributed by atoms with Crippen molar-refractivity contribution in [1.82, 2.24) is 0 Å². The van der Waals surface area contributed by atoms with Crippen molar-refractivity contribution in [3.8, 4) is 23.0 Å². The smallest absolute Gasteiger partial charge is 0.342 e. The first kappa shape index (κ1) is 36.5. The highest BCUT2D eigenvalue weighted by Crippen LogP contribution is 2.31. The van der Waals surface area contributed by atoms with Crippen LogP contribution in [0.2, 0.25) is 0 Å². The molecule has 0 radical (unpaired) electrons. The fourth-order valence-corrected chi connectivity index (χ4v) is 5.05. The number of ether oxygens (including phenoxy) is 5. The second-order valence-corrected chi connectivity index (χ2v) is 11.8. The summed E-state index contributed by atoms with van der Waals surface area (Å²) in [4.78, 5) is 63.8. The minimum absolute atomic E-state index is 0.0847. The van der Waals surface area contributed by atoms with Crippen LogP contribution in [0.4, 0.5) is 0 Å². The van der Waals surface area contributed by atoms with Gasteiger partial charge in [0.15, 0.2) is 0 Å². The fourth-order valence-electron chi connectivity index (χ4n) is 5.05. The molecule has 14 heteroatoms. The van der Waals surface area contributed by atoms with E-state index in [1.807, 2.05) is 0 Å². The summed E-state index contributed by atoms with van der Waals surface area (Å²) in [6, 6.07) is 4.30. The number of benzene rings is 2. The zero-order valence-electron chi connectivity index (χ0n) is 26.8. The Morgan fingerprint density at radius 2 is 0.894 bits per heavy atom. The number of esters is 5. The van der Waals surface area contributed by atoms with E-state index in [1.165, 1.54) is 32.9 Å². The second kappa shape index (κ2) is 16.0. The first-order valence-corrected chi connectivity index (χ1v) is 15.1. The third-order valence-electron chi connectivity index (χ3n) is 7.02. The van der Waals surface area contributed by atoms with E-state index in [4.69, 9.17) is 23.7 Å². The molecule has 256 valence electrons. The summed E-state index contributed by atoms with van der Waals surface area (Å²) in [5.74, 6) is -6.46. The molecule has 0 aromatic heterocycles. The van der Waals surface area contributed by atoms with Crippen molar-refractivity contribution in [2.75, 3.05) is 6.61 Å². The number of phenols is 4. The lowest BCUT2D eigenvalue weighted by molar-refractivity contribution is -0.153. The molecule has 1 aliphatic heterocycles. The highest BCUT2D eigenvalue weighted by atomic mass is 16.6. The Balaban J connectivity index is 1.88. The number of phenolic OH excluding ortho intramolecular Hbond substituents is 4. The van der Waals surface area contributed by atoms with E-state index in [-0.39, 0.29) is 66.0 Å². The van der Waals surface area contributed by atoms with Crippen LogP contribution in [0.3, 0.4) is 0 Å². The molecular weight excluding hydrogens is 620 g/mol. The normalized spacial score (nSPS) is 24.5. The largest absolute Gasteiger partial charge is 0.508 e. The van der Waals surface area contributed by atoms with Crippen LogP contribution in [0.25, 0.3) is 0 Å². The Morgan fingerprint density at radius 1 is 0.511 bits per heavy atom. The standard InChI is InChI=1S/C33H40O14/c1-16-6-28(39)44-17(2)7-21-11-23(34)14-26(37)31(21)33(42)47-20(5)10-29(40)45-18(3)8-22-12-24(35)13-25(36)30(22)32(41)46-19(4)9-27(38)43-15-16/h11-14,16-20,34-37H,6-10,15H2,1-5H3/t16-,17-,18-,19-,20-/m1/s1. The zero-order chi connectivity index (χ0) is 35.0. The van der Waals surface area contributed by atoms with E-state index in [2.05, 4.69) is 0 Å². The average molecular weight is 661 g/mol. The topological polar surface area (TPSA) is 212 Å². The molecule has 47 heavy (non-hydrogen) atoms. The first-order chi connectivity index (χ1) is 22.0. The van der Waals surface area contributed by atoms with Gasteiger partial charge in [0.1, 0.15) is 58.5 Å². The van der Waals surface area contributed by atoms with E-state index in [1.54, 1.807) is 13.8 Å². The van der Waals surface area contributed by atoms with Crippen LogP contribution in [0.5, 0.6) is 23.0 Å². The van der Waals surface area contributed by atoms with Gasteiger partial charge in [0.05, 0.1) is 25.9 Å². The predicted octanol–water partition coefficient (Wildman–Crippen LogP) is 3.61. The van der Waals surface area contributed by atoms with E-state index in [9.17, 15) is 44.4 Å². The Hall–Kier alpha value is -5.01. The number of hydrogen-bond acceptors (Lipinski definition) is 14. The number of rotatable bonds is 0. The summed E-state index contributed by atoms with van der Waals surface area (Å²) < 4.78 is 26.8. The molecule has 0 fully saturated rings. The van der Waals surface area contributed by atoms with Gasteiger partial charge >= 0.3 is 29.8 Å². The molecule has 1 heterocycles. The summed E-state index contributed by atoms with van der Waals surface area (Å²) in [5, 5.41) is 41.1. The number of cyclic esters (lactones) is 5. The van der Waals surface area contributed by atoms with Crippen molar-refractivity contribution >= 4 is 29.8 Å². The van der Waals surface area contributed by atoms with Gasteiger partial charge in [-0.15, -0.1) is 0 Å². The Kier molecular flexibility index (Phi) is 12.4. The summed E-state index contributed by atoms with van der Waals surface area (Å²) in [7, 11) is 0. The van der Waals surface area contributed by atoms with Gasteiger partial charge in [-0.05, 0) is 51.0 Å². The number of aromatic hydroxyl groups is 4. The van der Waals surface area contributed by atoms with Crippen molar-refractivity contribution in [2.45, 2.75) is 91.1 Å². The maximum absolute atomic E-state index is 13.1. The molecule has 3 rings (SSSR count). The van der Waals surface area contributed by atoms with Crippen LogP contribution in [0, 0.1) is 5.92 Å². The van der Waals surface area contributed by atoms with Crippen LogP contribution in [0.1, 0.15) is 85.7 Å². The first-order valence-electron chi connectivity index (χ1n) is 15.1. The molecule has 0 saturated heterocycles. The minimum Gasteiger partial charge on any atom is -0.508 e. The molecule has 14 nitrogen and oxygen atoms in total. The number of fused-ring (bicyclic) bond motifs is 2. The second-order valence-electron chi connectivity index (χ2n) is 11.8. The number of carbonyl (C=O) groups excluding carboxylic acids is 5. The quantitative estimate of drug-likeness (QED) is 0.235. The molecular formula is C33H40O14. The van der Waals surface area contributed by atoms with E-state index >= 15 is 0 Å². The van der Waals surface area contributed by atoms with Gasteiger partial charge < -0.3 is 44.1 Å². The van der Waals surface area contributed by atoms with E-state index in [0.29, 0.717) is 0 Å². The van der Waals surface area contributed by atoms with Crippen molar-refractivity contribution in [3.05, 3.63) is 46.5 Å². The van der Waals surface area contributed by atoms with Crippen LogP contribution in [-0.4, -0.2) is 81.3 Å². The average Bonchev–Trinajstić information content (AvgIpc) is 2.89. The SMILES string of the molecule is C[C@H]1COC(=O)C[C@@H](C)OC(=O)c2c(O)cc(O)cc2C[C@@H](C)OC(=O)C[C@@H](C)OC(=O)c2c(O)cc(O)cc2C[C@@H](C)OC(=O)C1. The van der Waals surface area contributed by atoms with E-state index in [0.717, 1.165) is 12.1 Å². The van der Waals surface area contributed by atoms with Gasteiger partial charge in [-0.2, -0.15) is 0 Å². The summed E-state index contributed by atoms with van der Waals surface area (Å²) >= 11 is 0. The highest BCUT2D eigenvalue weighted by molar-refractivity contribution is 5.95. The third-order valence-corrected chi connectivity index (χ3v) is 7.02. The molecule has 0 unspecified atom stereocenters. The Bertz CT molecular complexity index is 1500. The molecule has 2 aromatic carbocycles. The molecule has 4 N–H and O–H groups in total. The van der Waals surface area contributed by atoms with Crippen molar-refractivity contribution < 1.29 is 68.1 Å². The van der Waals surface area contributed by atoms with Crippen LogP contribution in [-0.2, 0) is 50.9 Å². The Morgan fingerprint density at radius 3 is 1.34 bits per heavy atom. The van der Waals surface area contributed by atoms with Crippen molar-refractivity contribution in [1.29, 1.82) is 0 Å². The van der Waals surface area contributed by atoms with Crippen molar-refractivity contribution in [3.63, 3.8) is 0 Å². The predicted molar refractivity (Wildman–Crippen MR) is 162 cm³/mol. The molecule has 2 aromatic rings. The van der Waals surface area contributed by atoms with Gasteiger partial charge in [-0.3, -0.25) is 14.4 Å². The molecule has 0 bridgehead atoms. The van der Waals surface area contributed by atoms with Crippen LogP contribution < -0.4 is 0 Å². The van der Waals surface area contributed by atoms with Gasteiger partial charge in [-0.1, -0.05) is 6.92 Å². The maximum Gasteiger partial charge on any atom is 0.342 e. The van der Waals surface area contributed by atoms with Crippen LogP contribution in [0.15, 0.2) is 24.3 Å². The lowest BCUT2D eigenvalue weighted by atomic mass is 10.00. The third kappa shape index (κ3) is 10.8. The van der Waals surface area contributed by atoms with Gasteiger partial charge in [-0.25, -0.2) is 9.59 Å². The highest BCUT2D eigenvalue weighted by Gasteiger charge is 2.28. The molecule has 5 atom stereocenters. The lowest BCUT2D eigenvalue weighted by Gasteiger charge is -2.20. The molecule has 0 spiro atoms. The van der Waals surface area contributed by atoms with Gasteiger partial charge in [0, 0.05) is 30.9 Å².